The third kappa shape index (κ3) is 4.94. The minimum absolute atomic E-state index is 0.00858. The number of nitrogens with one attached hydrogen (secondary N) is 1. The number of fused-ring (bicyclic) bond motifs is 3. The fourth-order valence-electron chi connectivity index (χ4n) is 4.18. The Labute approximate surface area is 201 Å². The Bertz CT molecular complexity index is 1200. The molecule has 0 aromatic heterocycles. The maximum Gasteiger partial charge on any atom is 0.416 e. The van der Waals surface area contributed by atoms with E-state index < -0.39 is 36.3 Å². The number of carboxylic acid groups (broad SMARTS) is 1. The van der Waals surface area contributed by atoms with Crippen molar-refractivity contribution in [1.29, 1.82) is 0 Å². The van der Waals surface area contributed by atoms with Gasteiger partial charge in [0.05, 0.1) is 18.0 Å². The van der Waals surface area contributed by atoms with Gasteiger partial charge in [-0.2, -0.15) is 13.2 Å². The predicted molar refractivity (Wildman–Crippen MR) is 122 cm³/mol. The number of alkyl halides is 3. The molecule has 5 nitrogen and oxygen atoms in total. The Hall–Kier alpha value is -3.33. The first-order valence-corrected chi connectivity index (χ1v) is 11.1. The quantitative estimate of drug-likeness (QED) is 0.378. The van der Waals surface area contributed by atoms with E-state index in [2.05, 4.69) is 21.2 Å². The van der Waals surface area contributed by atoms with Crippen molar-refractivity contribution in [3.63, 3.8) is 0 Å². The number of rotatable bonds is 6. The van der Waals surface area contributed by atoms with Gasteiger partial charge in [-0.1, -0.05) is 64.5 Å². The summed E-state index contributed by atoms with van der Waals surface area (Å²) in [7, 11) is 0. The minimum Gasteiger partial charge on any atom is -0.481 e. The summed E-state index contributed by atoms with van der Waals surface area (Å²) in [5, 5.41) is 11.7. The van der Waals surface area contributed by atoms with Gasteiger partial charge in [0, 0.05) is 10.4 Å². The van der Waals surface area contributed by atoms with E-state index in [4.69, 9.17) is 4.74 Å². The van der Waals surface area contributed by atoms with Crippen LogP contribution in [-0.2, 0) is 15.7 Å². The van der Waals surface area contributed by atoms with Crippen LogP contribution in [0.4, 0.5) is 18.0 Å². The fraction of sp³-hybridized carbons (Fsp3) is 0.200. The zero-order valence-electron chi connectivity index (χ0n) is 17.6. The van der Waals surface area contributed by atoms with Gasteiger partial charge >= 0.3 is 18.2 Å². The number of hydrogen-bond acceptors (Lipinski definition) is 3. The van der Waals surface area contributed by atoms with Gasteiger partial charge in [-0.3, -0.25) is 4.79 Å². The smallest absolute Gasteiger partial charge is 0.416 e. The van der Waals surface area contributed by atoms with Crippen LogP contribution < -0.4 is 5.32 Å². The molecule has 176 valence electrons. The van der Waals surface area contributed by atoms with Crippen LogP contribution in [0.1, 0.15) is 40.6 Å². The summed E-state index contributed by atoms with van der Waals surface area (Å²) in [4.78, 5) is 24.0. The van der Waals surface area contributed by atoms with E-state index in [1.165, 1.54) is 6.07 Å². The number of carbonyl (C=O) groups is 2. The van der Waals surface area contributed by atoms with Crippen LogP contribution in [0.2, 0.25) is 0 Å². The first-order valence-electron chi connectivity index (χ1n) is 10.3. The Morgan fingerprint density at radius 2 is 1.59 bits per heavy atom. The molecule has 9 heteroatoms. The minimum atomic E-state index is -4.62. The number of ether oxygens (including phenoxy) is 1. The van der Waals surface area contributed by atoms with Crippen molar-refractivity contribution in [2.24, 2.45) is 0 Å². The second kappa shape index (κ2) is 9.50. The summed E-state index contributed by atoms with van der Waals surface area (Å²) in [6.07, 6.45) is -6.16. The molecule has 3 aromatic carbocycles. The zero-order valence-corrected chi connectivity index (χ0v) is 19.2. The number of benzene rings is 3. The van der Waals surface area contributed by atoms with E-state index in [0.717, 1.165) is 34.4 Å². The summed E-state index contributed by atoms with van der Waals surface area (Å²) in [6.45, 7) is -0.0105. The lowest BCUT2D eigenvalue weighted by molar-refractivity contribution is -0.138. The molecule has 0 saturated heterocycles. The van der Waals surface area contributed by atoms with Crippen LogP contribution in [-0.4, -0.2) is 23.8 Å². The first-order chi connectivity index (χ1) is 16.1. The molecular weight excluding hydrogens is 515 g/mol. The van der Waals surface area contributed by atoms with Crippen molar-refractivity contribution >= 4 is 28.0 Å². The van der Waals surface area contributed by atoms with Crippen LogP contribution in [0.15, 0.2) is 71.2 Å². The lowest BCUT2D eigenvalue weighted by Gasteiger charge is -2.21. The third-order valence-electron chi connectivity index (χ3n) is 5.71. The second-order valence-corrected chi connectivity index (χ2v) is 8.71. The van der Waals surface area contributed by atoms with Gasteiger partial charge in [-0.05, 0) is 46.0 Å². The number of alkyl carbamates (subject to hydrolysis) is 1. The molecule has 3 aromatic rings. The molecule has 2 N–H and O–H groups in total. The first kappa shape index (κ1) is 23.8. The number of carbonyl (C=O) groups excluding carboxylic acids is 1. The lowest BCUT2D eigenvalue weighted by atomic mass is 9.98. The highest BCUT2D eigenvalue weighted by molar-refractivity contribution is 9.10. The Morgan fingerprint density at radius 3 is 2.15 bits per heavy atom. The van der Waals surface area contributed by atoms with Gasteiger partial charge in [0.25, 0.3) is 0 Å². The van der Waals surface area contributed by atoms with E-state index in [9.17, 15) is 27.9 Å². The van der Waals surface area contributed by atoms with E-state index >= 15 is 0 Å². The third-order valence-corrected chi connectivity index (χ3v) is 6.44. The average Bonchev–Trinajstić information content (AvgIpc) is 3.10. The molecule has 0 heterocycles. The van der Waals surface area contributed by atoms with Crippen molar-refractivity contribution in [3.05, 3.63) is 93.5 Å². The SMILES string of the molecule is O=C(O)C[C@H](NC(=O)OCC1c2ccccc2-c2ccccc21)c1cc(C(F)(F)F)ccc1Br. The maximum absolute atomic E-state index is 13.2. The standard InChI is InChI=1S/C25H19BrF3NO4/c26-21-10-9-14(25(27,28)29)11-19(21)22(12-23(31)32)30-24(33)34-13-20-17-7-3-1-5-15(17)16-6-2-4-8-18(16)20/h1-11,20,22H,12-13H2,(H,30,33)(H,31,32)/t22-/m0/s1. The van der Waals surface area contributed by atoms with E-state index in [0.29, 0.717) is 0 Å². The van der Waals surface area contributed by atoms with Gasteiger partial charge in [0.2, 0.25) is 0 Å². The highest BCUT2D eigenvalue weighted by atomic mass is 79.9. The van der Waals surface area contributed by atoms with Crippen molar-refractivity contribution < 1.29 is 32.6 Å². The molecule has 1 amide bonds. The zero-order chi connectivity index (χ0) is 24.5. The molecule has 0 bridgehead atoms. The van der Waals surface area contributed by atoms with Crippen LogP contribution in [0, 0.1) is 0 Å². The normalized spacial score (nSPS) is 13.6. The topological polar surface area (TPSA) is 75.6 Å². The van der Waals surface area contributed by atoms with Crippen LogP contribution >= 0.6 is 15.9 Å². The van der Waals surface area contributed by atoms with E-state index in [1.807, 2.05) is 48.5 Å². The van der Waals surface area contributed by atoms with Crippen molar-refractivity contribution in [2.45, 2.75) is 24.6 Å². The van der Waals surface area contributed by atoms with Crippen molar-refractivity contribution in [2.75, 3.05) is 6.61 Å². The Kier molecular flexibility index (Phi) is 6.65. The lowest BCUT2D eigenvalue weighted by Crippen LogP contribution is -2.32. The monoisotopic (exact) mass is 533 g/mol. The number of halogens is 4. The molecule has 0 aliphatic heterocycles. The van der Waals surface area contributed by atoms with Gasteiger partial charge in [0.15, 0.2) is 0 Å². The van der Waals surface area contributed by atoms with Gasteiger partial charge < -0.3 is 15.2 Å². The fourth-order valence-corrected chi connectivity index (χ4v) is 4.71. The highest BCUT2D eigenvalue weighted by Crippen LogP contribution is 2.44. The molecule has 0 spiro atoms. The van der Waals surface area contributed by atoms with E-state index in [-0.39, 0.29) is 22.6 Å². The molecule has 34 heavy (non-hydrogen) atoms. The molecule has 0 radical (unpaired) electrons. The Balaban J connectivity index is 1.53. The maximum atomic E-state index is 13.2. The summed E-state index contributed by atoms with van der Waals surface area (Å²) < 4.78 is 45.2. The molecule has 0 unspecified atom stereocenters. The van der Waals surface area contributed by atoms with Crippen LogP contribution in [0.5, 0.6) is 0 Å². The van der Waals surface area contributed by atoms with Gasteiger partial charge in [0.1, 0.15) is 6.61 Å². The summed E-state index contributed by atoms with van der Waals surface area (Å²) in [5.74, 6) is -1.50. The molecule has 1 aliphatic rings. The van der Waals surface area contributed by atoms with Crippen molar-refractivity contribution in [1.82, 2.24) is 5.32 Å². The number of hydrogen-bond donors (Lipinski definition) is 2. The van der Waals surface area contributed by atoms with Crippen LogP contribution in [0.3, 0.4) is 0 Å². The molecule has 1 aliphatic carbocycles. The predicted octanol–water partition coefficient (Wildman–Crippen LogP) is 6.52. The number of aliphatic carboxylic acids is 1. The summed E-state index contributed by atoms with van der Waals surface area (Å²) in [6, 6.07) is 17.2. The molecule has 0 saturated carbocycles. The second-order valence-electron chi connectivity index (χ2n) is 7.85. The summed E-state index contributed by atoms with van der Waals surface area (Å²) in [5.41, 5.74) is 3.13. The molecule has 0 fully saturated rings. The largest absolute Gasteiger partial charge is 0.481 e. The number of carboxylic acids is 1. The van der Waals surface area contributed by atoms with Crippen LogP contribution in [0.25, 0.3) is 11.1 Å². The average molecular weight is 534 g/mol. The number of amides is 1. The van der Waals surface area contributed by atoms with E-state index in [1.54, 1.807) is 0 Å². The highest BCUT2D eigenvalue weighted by Gasteiger charge is 2.33. The van der Waals surface area contributed by atoms with Gasteiger partial charge in [-0.15, -0.1) is 0 Å². The molecule has 4 rings (SSSR count). The summed E-state index contributed by atoms with van der Waals surface area (Å²) >= 11 is 3.15. The van der Waals surface area contributed by atoms with Crippen molar-refractivity contribution in [3.8, 4) is 11.1 Å². The van der Waals surface area contributed by atoms with Gasteiger partial charge in [-0.25, -0.2) is 4.79 Å². The molecular formula is C25H19BrF3NO4. The molecule has 1 atom stereocenters. The Morgan fingerprint density at radius 1 is 1.00 bits per heavy atom.